The third-order valence-electron chi connectivity index (χ3n) is 8.80. The zero-order chi connectivity index (χ0) is 33.9. The Hall–Kier alpha value is -4.33. The summed E-state index contributed by atoms with van der Waals surface area (Å²) in [7, 11) is -4.00. The fourth-order valence-corrected chi connectivity index (χ4v) is 9.90. The molecule has 0 spiro atoms. The summed E-state index contributed by atoms with van der Waals surface area (Å²) in [4.78, 5) is 22.6. The molecule has 248 valence electrons. The smallest absolute Gasteiger partial charge is 0.273 e. The lowest BCUT2D eigenvalue weighted by Gasteiger charge is -2.20. The third kappa shape index (κ3) is 5.95. The van der Waals surface area contributed by atoms with E-state index in [4.69, 9.17) is 14.6 Å². The van der Waals surface area contributed by atoms with Gasteiger partial charge in [0.25, 0.3) is 10.0 Å². The van der Waals surface area contributed by atoms with Crippen molar-refractivity contribution in [3.63, 3.8) is 0 Å². The average molecular weight is 701 g/mol. The van der Waals surface area contributed by atoms with Crippen molar-refractivity contribution in [2.24, 2.45) is 0 Å². The lowest BCUT2D eigenvalue weighted by atomic mass is 9.98. The van der Waals surface area contributed by atoms with Gasteiger partial charge in [0, 0.05) is 51.8 Å². The van der Waals surface area contributed by atoms with Crippen molar-refractivity contribution < 1.29 is 17.7 Å². The Bertz CT molecular complexity index is 2330. The largest absolute Gasteiger partial charge is 0.359 e. The molecule has 1 aromatic carbocycles. The van der Waals surface area contributed by atoms with Gasteiger partial charge in [-0.05, 0) is 88.9 Å². The highest BCUT2D eigenvalue weighted by Crippen LogP contribution is 2.40. The fraction of sp³-hybridized carbons (Fsp3) is 0.314. The van der Waals surface area contributed by atoms with E-state index in [0.717, 1.165) is 60.9 Å². The molecule has 1 saturated heterocycles. The van der Waals surface area contributed by atoms with Crippen LogP contribution in [0.1, 0.15) is 56.4 Å². The number of carbonyl (C=O) groups is 1. The van der Waals surface area contributed by atoms with Crippen LogP contribution in [0.2, 0.25) is 0 Å². The number of nitrogens with zero attached hydrogens (tertiary/aromatic N) is 5. The number of hydrogen-bond donors (Lipinski definition) is 1. The van der Waals surface area contributed by atoms with Gasteiger partial charge in [-0.1, -0.05) is 23.4 Å². The van der Waals surface area contributed by atoms with E-state index in [9.17, 15) is 13.2 Å². The molecule has 1 aliphatic rings. The Labute approximate surface area is 287 Å². The molecule has 0 aliphatic carbocycles. The molecule has 6 heterocycles. The van der Waals surface area contributed by atoms with Gasteiger partial charge in [0.05, 0.1) is 22.3 Å². The molecule has 6 aromatic rings. The van der Waals surface area contributed by atoms with Gasteiger partial charge in [-0.25, -0.2) is 8.42 Å². The van der Waals surface area contributed by atoms with E-state index in [1.807, 2.05) is 48.6 Å². The fourth-order valence-electron chi connectivity index (χ4n) is 6.34. The molecule has 7 rings (SSSR count). The zero-order valence-corrected chi connectivity index (χ0v) is 30.1. The van der Waals surface area contributed by atoms with Crippen molar-refractivity contribution in [2.45, 2.75) is 71.7 Å². The van der Waals surface area contributed by atoms with Crippen molar-refractivity contribution in [1.29, 1.82) is 0 Å². The summed E-state index contributed by atoms with van der Waals surface area (Å²) < 4.78 is 37.7. The second-order valence-corrected chi connectivity index (χ2v) is 16.9. The number of pyridine rings is 1. The van der Waals surface area contributed by atoms with Gasteiger partial charge in [-0.3, -0.25) is 19.2 Å². The van der Waals surface area contributed by atoms with Crippen LogP contribution in [-0.4, -0.2) is 45.7 Å². The van der Waals surface area contributed by atoms with Gasteiger partial charge in [0.15, 0.2) is 5.82 Å². The monoisotopic (exact) mass is 700 g/mol. The predicted octanol–water partition coefficient (Wildman–Crippen LogP) is 7.70. The van der Waals surface area contributed by atoms with Crippen LogP contribution in [0.3, 0.4) is 0 Å². The highest BCUT2D eigenvalue weighted by Gasteiger charge is 2.28. The molecule has 0 saturated carbocycles. The van der Waals surface area contributed by atoms with E-state index in [1.54, 1.807) is 25.2 Å². The lowest BCUT2D eigenvalue weighted by Crippen LogP contribution is -2.24. The SMILES string of the molecule is Cc1cc2c(c(C)n1)c(-c1ccc(C)s1)nn2Cc1ccc(-c2cc(C)sc2S(=O)(=O)Nc2noc(C)c2C)c(CN2CCCC2=O)c1. The van der Waals surface area contributed by atoms with Crippen molar-refractivity contribution in [3.8, 4) is 21.7 Å². The second-order valence-electron chi connectivity index (χ2n) is 12.4. The van der Waals surface area contributed by atoms with Crippen molar-refractivity contribution in [3.05, 3.63) is 86.1 Å². The number of sulfonamides is 1. The number of aromatic nitrogens is 4. The summed E-state index contributed by atoms with van der Waals surface area (Å²) in [5.74, 6) is 0.825. The van der Waals surface area contributed by atoms with E-state index in [2.05, 4.69) is 41.1 Å². The minimum atomic E-state index is -4.00. The van der Waals surface area contributed by atoms with Crippen LogP contribution in [-0.2, 0) is 27.9 Å². The summed E-state index contributed by atoms with van der Waals surface area (Å²) in [5, 5.41) is 10.1. The predicted molar refractivity (Wildman–Crippen MR) is 190 cm³/mol. The first kappa shape index (κ1) is 32.2. The van der Waals surface area contributed by atoms with Gasteiger partial charge in [-0.2, -0.15) is 5.10 Å². The van der Waals surface area contributed by atoms with E-state index in [1.165, 1.54) is 16.2 Å². The number of rotatable bonds is 9. The molecule has 1 amide bonds. The summed E-state index contributed by atoms with van der Waals surface area (Å²) in [6.07, 6.45) is 1.33. The Balaban J connectivity index is 1.32. The topological polar surface area (TPSA) is 123 Å². The molecule has 1 aliphatic heterocycles. The highest BCUT2D eigenvalue weighted by molar-refractivity contribution is 7.94. The second kappa shape index (κ2) is 12.3. The van der Waals surface area contributed by atoms with Crippen molar-refractivity contribution >= 4 is 55.3 Å². The van der Waals surface area contributed by atoms with E-state index < -0.39 is 10.0 Å². The van der Waals surface area contributed by atoms with Gasteiger partial charge in [0.1, 0.15) is 15.7 Å². The number of fused-ring (bicyclic) bond motifs is 1. The third-order valence-corrected chi connectivity index (χ3v) is 12.7. The van der Waals surface area contributed by atoms with Crippen LogP contribution in [0.25, 0.3) is 32.6 Å². The summed E-state index contributed by atoms with van der Waals surface area (Å²) >= 11 is 2.92. The molecule has 13 heteroatoms. The molecule has 0 radical (unpaired) electrons. The number of aryl methyl sites for hydroxylation is 5. The van der Waals surface area contributed by atoms with Gasteiger partial charge >= 0.3 is 0 Å². The number of thiophene rings is 2. The Morgan fingerprint density at radius 3 is 2.44 bits per heavy atom. The van der Waals surface area contributed by atoms with Crippen LogP contribution < -0.4 is 4.72 Å². The molecule has 48 heavy (non-hydrogen) atoms. The number of hydrogen-bond acceptors (Lipinski definition) is 9. The normalized spacial score (nSPS) is 13.7. The molecule has 0 bridgehead atoms. The van der Waals surface area contributed by atoms with Crippen LogP contribution in [0.15, 0.2) is 51.2 Å². The number of nitrogens with one attached hydrogen (secondary N) is 1. The maximum Gasteiger partial charge on any atom is 0.273 e. The first-order valence-electron chi connectivity index (χ1n) is 15.8. The molecule has 10 nitrogen and oxygen atoms in total. The zero-order valence-electron chi connectivity index (χ0n) is 27.7. The van der Waals surface area contributed by atoms with Crippen molar-refractivity contribution in [1.82, 2.24) is 24.8 Å². The highest BCUT2D eigenvalue weighted by atomic mass is 32.2. The van der Waals surface area contributed by atoms with Gasteiger partial charge < -0.3 is 9.42 Å². The maximum absolute atomic E-state index is 13.8. The molecule has 1 N–H and O–H groups in total. The quantitative estimate of drug-likeness (QED) is 0.164. The summed E-state index contributed by atoms with van der Waals surface area (Å²) in [6, 6.07) is 14.3. The standard InChI is InChI=1S/C35H36N6O4S3/c1-19-14-29-32(23(5)36-19)33(30-12-9-20(2)46-30)37-41(29)17-25-10-11-27(26(16-25)18-40-13-7-8-31(40)42)28-15-21(3)47-35(28)48(43,44)39-34-22(4)24(6)45-38-34/h9-12,14-16H,7-8,13,17-18H2,1-6H3,(H,38,39). The summed E-state index contributed by atoms with van der Waals surface area (Å²) in [5.41, 5.74) is 7.65. The van der Waals surface area contributed by atoms with E-state index >= 15 is 0 Å². The molecule has 0 atom stereocenters. The van der Waals surface area contributed by atoms with E-state index in [-0.39, 0.29) is 15.9 Å². The van der Waals surface area contributed by atoms with Crippen molar-refractivity contribution in [2.75, 3.05) is 11.3 Å². The number of anilines is 1. The van der Waals surface area contributed by atoms with Crippen LogP contribution in [0.4, 0.5) is 5.82 Å². The van der Waals surface area contributed by atoms with Crippen LogP contribution >= 0.6 is 22.7 Å². The summed E-state index contributed by atoms with van der Waals surface area (Å²) in [6.45, 7) is 13.1. The lowest BCUT2D eigenvalue weighted by molar-refractivity contribution is -0.128. The molecule has 1 fully saturated rings. The van der Waals surface area contributed by atoms with E-state index in [0.29, 0.717) is 42.9 Å². The maximum atomic E-state index is 13.8. The minimum absolute atomic E-state index is 0.103. The number of amides is 1. The minimum Gasteiger partial charge on any atom is -0.359 e. The number of benzene rings is 1. The molecule has 0 unspecified atom stereocenters. The molecular weight excluding hydrogens is 665 g/mol. The Kier molecular flexibility index (Phi) is 8.25. The molecule has 5 aromatic heterocycles. The number of carbonyl (C=O) groups excluding carboxylic acids is 1. The van der Waals surface area contributed by atoms with Crippen LogP contribution in [0.5, 0.6) is 0 Å². The first-order valence-corrected chi connectivity index (χ1v) is 18.9. The Morgan fingerprint density at radius 2 is 1.75 bits per heavy atom. The van der Waals surface area contributed by atoms with Gasteiger partial charge in [-0.15, -0.1) is 22.7 Å². The number of likely N-dealkylation sites (tertiary alicyclic amines) is 1. The first-order chi connectivity index (χ1) is 22.9. The Morgan fingerprint density at radius 1 is 0.938 bits per heavy atom. The van der Waals surface area contributed by atoms with Gasteiger partial charge in [0.2, 0.25) is 5.91 Å². The average Bonchev–Trinajstić information content (AvgIpc) is 3.86. The van der Waals surface area contributed by atoms with Crippen LogP contribution in [0, 0.1) is 41.5 Å². The molecular formula is C35H36N6O4S3.